The van der Waals surface area contributed by atoms with Gasteiger partial charge in [-0.15, -0.1) is 0 Å². The van der Waals surface area contributed by atoms with Gasteiger partial charge in [-0.25, -0.2) is 0 Å². The largest absolute Gasteiger partial charge is 0.379 e. The van der Waals surface area contributed by atoms with Crippen molar-refractivity contribution in [1.29, 1.82) is 10.5 Å². The minimum absolute atomic E-state index is 0.104. The van der Waals surface area contributed by atoms with E-state index < -0.39 is 0 Å². The van der Waals surface area contributed by atoms with Gasteiger partial charge in [0.1, 0.15) is 17.7 Å². The van der Waals surface area contributed by atoms with Crippen molar-refractivity contribution in [3.05, 3.63) is 40.6 Å². The molecule has 19 heavy (non-hydrogen) atoms. The van der Waals surface area contributed by atoms with E-state index >= 15 is 0 Å². The quantitative estimate of drug-likeness (QED) is 0.624. The Kier molecular flexibility index (Phi) is 5.60. The minimum Gasteiger partial charge on any atom is -0.379 e. The van der Waals surface area contributed by atoms with Crippen LogP contribution in [0.15, 0.2) is 40.5 Å². The summed E-state index contributed by atoms with van der Waals surface area (Å²) in [4.78, 5) is 6.00. The second-order valence-electron chi connectivity index (χ2n) is 3.93. The molecule has 0 saturated carbocycles. The van der Waals surface area contributed by atoms with Crippen LogP contribution in [0, 0.1) is 22.7 Å². The second kappa shape index (κ2) is 7.20. The SMILES string of the molecule is CN(C)C(CC=Nc1ccc(Cl)cc1)=C(C#N)C#N. The first-order valence-electron chi connectivity index (χ1n) is 5.57. The van der Waals surface area contributed by atoms with Crippen LogP contribution in [0.2, 0.25) is 5.02 Å². The van der Waals surface area contributed by atoms with Gasteiger partial charge in [0.05, 0.1) is 5.69 Å². The molecule has 0 N–H and O–H groups in total. The van der Waals surface area contributed by atoms with Crippen molar-refractivity contribution in [3.8, 4) is 12.1 Å². The van der Waals surface area contributed by atoms with Gasteiger partial charge in [0.25, 0.3) is 0 Å². The number of allylic oxidation sites excluding steroid dienone is 2. The number of benzene rings is 1. The molecule has 0 radical (unpaired) electrons. The van der Waals surface area contributed by atoms with E-state index in [1.807, 2.05) is 12.1 Å². The molecule has 5 heteroatoms. The summed E-state index contributed by atoms with van der Waals surface area (Å²) in [5, 5.41) is 18.4. The van der Waals surface area contributed by atoms with E-state index in [0.717, 1.165) is 5.69 Å². The van der Waals surface area contributed by atoms with Gasteiger partial charge in [-0.1, -0.05) is 11.6 Å². The summed E-state index contributed by atoms with van der Waals surface area (Å²) in [5.41, 5.74) is 1.52. The van der Waals surface area contributed by atoms with E-state index in [9.17, 15) is 0 Å². The Morgan fingerprint density at radius 2 is 1.84 bits per heavy atom. The van der Waals surface area contributed by atoms with Crippen LogP contribution in [0.4, 0.5) is 5.69 Å². The van der Waals surface area contributed by atoms with Crippen LogP contribution in [0.5, 0.6) is 0 Å². The monoisotopic (exact) mass is 272 g/mol. The first-order chi connectivity index (χ1) is 9.08. The van der Waals surface area contributed by atoms with Crippen LogP contribution in [-0.2, 0) is 0 Å². The average molecular weight is 273 g/mol. The molecule has 0 aliphatic carbocycles. The summed E-state index contributed by atoms with van der Waals surface area (Å²) in [7, 11) is 3.58. The lowest BCUT2D eigenvalue weighted by atomic mass is 10.2. The molecular weight excluding hydrogens is 260 g/mol. The van der Waals surface area contributed by atoms with Gasteiger partial charge in [0.15, 0.2) is 0 Å². The van der Waals surface area contributed by atoms with E-state index in [4.69, 9.17) is 22.1 Å². The standard InChI is InChI=1S/C14H13ClN4/c1-19(2)14(11(9-16)10-17)7-8-18-13-5-3-12(15)4-6-13/h3-6,8H,7H2,1-2H3. The van der Waals surface area contributed by atoms with Gasteiger partial charge >= 0.3 is 0 Å². The zero-order chi connectivity index (χ0) is 14.3. The van der Waals surface area contributed by atoms with Crippen LogP contribution in [-0.4, -0.2) is 25.2 Å². The fourth-order valence-corrected chi connectivity index (χ4v) is 1.55. The van der Waals surface area contributed by atoms with Crippen molar-refractivity contribution in [3.63, 3.8) is 0 Å². The molecule has 4 nitrogen and oxygen atoms in total. The second-order valence-corrected chi connectivity index (χ2v) is 4.37. The Balaban J connectivity index is 2.85. The number of nitrogens with zero attached hydrogens (tertiary/aromatic N) is 4. The maximum absolute atomic E-state index is 8.88. The maximum atomic E-state index is 8.88. The van der Waals surface area contributed by atoms with E-state index in [-0.39, 0.29) is 5.57 Å². The summed E-state index contributed by atoms with van der Waals surface area (Å²) in [6.07, 6.45) is 2.10. The van der Waals surface area contributed by atoms with E-state index in [2.05, 4.69) is 4.99 Å². The summed E-state index contributed by atoms with van der Waals surface area (Å²) in [6.45, 7) is 0. The summed E-state index contributed by atoms with van der Waals surface area (Å²) in [6, 6.07) is 10.9. The summed E-state index contributed by atoms with van der Waals surface area (Å²) < 4.78 is 0. The van der Waals surface area contributed by atoms with Crippen LogP contribution in [0.25, 0.3) is 0 Å². The Labute approximate surface area is 117 Å². The van der Waals surface area contributed by atoms with Crippen molar-refractivity contribution in [1.82, 2.24) is 4.90 Å². The zero-order valence-corrected chi connectivity index (χ0v) is 11.5. The van der Waals surface area contributed by atoms with E-state index in [0.29, 0.717) is 17.1 Å². The maximum Gasteiger partial charge on any atom is 0.149 e. The van der Waals surface area contributed by atoms with Gasteiger partial charge in [-0.2, -0.15) is 10.5 Å². The van der Waals surface area contributed by atoms with Gasteiger partial charge in [0, 0.05) is 37.5 Å². The van der Waals surface area contributed by atoms with Crippen LogP contribution >= 0.6 is 11.6 Å². The van der Waals surface area contributed by atoms with Crippen molar-refractivity contribution < 1.29 is 0 Å². The third-order valence-corrected chi connectivity index (χ3v) is 2.66. The van der Waals surface area contributed by atoms with E-state index in [1.54, 1.807) is 49.5 Å². The molecule has 1 aromatic rings. The lowest BCUT2D eigenvalue weighted by Gasteiger charge is -2.15. The van der Waals surface area contributed by atoms with Gasteiger partial charge < -0.3 is 4.90 Å². The lowest BCUT2D eigenvalue weighted by molar-refractivity contribution is 0.503. The molecule has 0 saturated heterocycles. The van der Waals surface area contributed by atoms with Gasteiger partial charge in [-0.3, -0.25) is 4.99 Å². The highest BCUT2D eigenvalue weighted by molar-refractivity contribution is 6.30. The Morgan fingerprint density at radius 1 is 1.26 bits per heavy atom. The fourth-order valence-electron chi connectivity index (χ4n) is 1.43. The molecule has 0 heterocycles. The predicted octanol–water partition coefficient (Wildman–Crippen LogP) is 3.30. The Bertz CT molecular complexity index is 555. The van der Waals surface area contributed by atoms with Crippen molar-refractivity contribution >= 4 is 23.5 Å². The van der Waals surface area contributed by atoms with Crippen molar-refractivity contribution in [2.75, 3.05) is 14.1 Å². The number of halogens is 1. The third kappa shape index (κ3) is 4.46. The van der Waals surface area contributed by atoms with Crippen molar-refractivity contribution in [2.45, 2.75) is 6.42 Å². The molecule has 1 aromatic carbocycles. The van der Waals surface area contributed by atoms with Crippen molar-refractivity contribution in [2.24, 2.45) is 4.99 Å². The molecule has 0 aromatic heterocycles. The minimum atomic E-state index is 0.104. The highest BCUT2D eigenvalue weighted by Gasteiger charge is 2.06. The number of aliphatic imine (C=N–C) groups is 1. The molecule has 0 aliphatic rings. The molecule has 1 rings (SSSR count). The number of hydrogen-bond acceptors (Lipinski definition) is 4. The molecule has 0 amide bonds. The lowest BCUT2D eigenvalue weighted by Crippen LogP contribution is -2.13. The zero-order valence-electron chi connectivity index (χ0n) is 10.8. The smallest absolute Gasteiger partial charge is 0.149 e. The number of rotatable bonds is 4. The molecule has 96 valence electrons. The molecule has 0 aliphatic heterocycles. The average Bonchev–Trinajstić information content (AvgIpc) is 2.40. The number of hydrogen-bond donors (Lipinski definition) is 0. The fraction of sp³-hybridized carbons (Fsp3) is 0.214. The normalized spacial score (nSPS) is 9.74. The van der Waals surface area contributed by atoms with Crippen LogP contribution in [0.3, 0.4) is 0 Å². The molecule has 0 unspecified atom stereocenters. The first-order valence-corrected chi connectivity index (χ1v) is 5.95. The third-order valence-electron chi connectivity index (χ3n) is 2.40. The highest BCUT2D eigenvalue weighted by atomic mass is 35.5. The predicted molar refractivity (Wildman–Crippen MR) is 76.2 cm³/mol. The molecule has 0 fully saturated rings. The Morgan fingerprint density at radius 3 is 2.32 bits per heavy atom. The molecule has 0 bridgehead atoms. The number of nitriles is 2. The van der Waals surface area contributed by atoms with E-state index in [1.165, 1.54) is 0 Å². The molecule has 0 spiro atoms. The first kappa shape index (κ1) is 14.8. The molecular formula is C14H13ClN4. The summed E-state index contributed by atoms with van der Waals surface area (Å²) >= 11 is 5.78. The van der Waals surface area contributed by atoms with Crippen LogP contribution in [0.1, 0.15) is 6.42 Å². The van der Waals surface area contributed by atoms with Crippen LogP contribution < -0.4 is 0 Å². The van der Waals surface area contributed by atoms with Gasteiger partial charge in [0.2, 0.25) is 0 Å². The van der Waals surface area contributed by atoms with Gasteiger partial charge in [-0.05, 0) is 24.3 Å². The Hall–Kier alpha value is -2.30. The molecule has 0 atom stereocenters. The summed E-state index contributed by atoms with van der Waals surface area (Å²) in [5.74, 6) is 0. The highest BCUT2D eigenvalue weighted by Crippen LogP contribution is 2.16. The topological polar surface area (TPSA) is 63.2 Å².